The van der Waals surface area contributed by atoms with Crippen molar-refractivity contribution >= 4 is 6.03 Å². The molecule has 0 rings (SSSR count). The van der Waals surface area contributed by atoms with Gasteiger partial charge in [-0.2, -0.15) is 0 Å². The molecule has 0 aromatic heterocycles. The van der Waals surface area contributed by atoms with Crippen molar-refractivity contribution in [3.8, 4) is 0 Å². The molecule has 0 unspecified atom stereocenters. The summed E-state index contributed by atoms with van der Waals surface area (Å²) in [4.78, 5) is 10.3. The van der Waals surface area contributed by atoms with Gasteiger partial charge in [-0.25, -0.2) is 4.79 Å². The van der Waals surface area contributed by atoms with Gasteiger partial charge in [0.1, 0.15) is 0 Å². The lowest BCUT2D eigenvalue weighted by Gasteiger charge is -2.24. The summed E-state index contributed by atoms with van der Waals surface area (Å²) >= 11 is 0. The maximum Gasteiger partial charge on any atom is 0.312 e. The van der Waals surface area contributed by atoms with Crippen LogP contribution in [0.25, 0.3) is 0 Å². The lowest BCUT2D eigenvalue weighted by atomic mass is 10.1. The molecule has 0 heterocycles. The number of hydrogen-bond donors (Lipinski definition) is 2. The molecule has 66 valence electrons. The Kier molecular flexibility index (Phi) is 3.89. The highest BCUT2D eigenvalue weighted by atomic mass is 16.5. The van der Waals surface area contributed by atoms with Crippen LogP contribution in [-0.2, 0) is 4.74 Å². The Morgan fingerprint density at radius 3 is 2.55 bits per heavy atom. The van der Waals surface area contributed by atoms with Gasteiger partial charge in [-0.05, 0) is 20.8 Å². The molecule has 0 radical (unpaired) electrons. The Labute approximate surface area is 67.1 Å². The minimum Gasteiger partial charge on any atom is -0.374 e. The van der Waals surface area contributed by atoms with Gasteiger partial charge in [-0.1, -0.05) is 0 Å². The van der Waals surface area contributed by atoms with Crippen molar-refractivity contribution in [3.63, 3.8) is 0 Å². The molecule has 0 saturated heterocycles. The van der Waals surface area contributed by atoms with Crippen molar-refractivity contribution in [2.24, 2.45) is 5.73 Å². The first-order chi connectivity index (χ1) is 4.98. The van der Waals surface area contributed by atoms with Crippen LogP contribution in [0.5, 0.6) is 0 Å². The number of amides is 2. The average Bonchev–Trinajstić information content (AvgIpc) is 1.84. The van der Waals surface area contributed by atoms with E-state index in [1.54, 1.807) is 0 Å². The highest BCUT2D eigenvalue weighted by molar-refractivity contribution is 5.71. The van der Waals surface area contributed by atoms with Crippen LogP contribution in [0, 0.1) is 0 Å². The third-order valence-corrected chi connectivity index (χ3v) is 1.22. The van der Waals surface area contributed by atoms with E-state index in [2.05, 4.69) is 5.32 Å². The monoisotopic (exact) mass is 160 g/mol. The molecule has 0 fully saturated rings. The SMILES string of the molecule is CCOC(C)(C)CNC(N)=O. The minimum atomic E-state index is -0.516. The average molecular weight is 160 g/mol. The van der Waals surface area contributed by atoms with Gasteiger partial charge in [0.15, 0.2) is 0 Å². The Morgan fingerprint density at radius 1 is 1.64 bits per heavy atom. The molecule has 0 aliphatic heterocycles. The van der Waals surface area contributed by atoms with E-state index in [0.717, 1.165) is 0 Å². The van der Waals surface area contributed by atoms with Crippen molar-refractivity contribution in [2.45, 2.75) is 26.4 Å². The number of nitrogens with two attached hydrogens (primary N) is 1. The molecular formula is C7H16N2O2. The van der Waals surface area contributed by atoms with Crippen LogP contribution < -0.4 is 11.1 Å². The third kappa shape index (κ3) is 5.66. The van der Waals surface area contributed by atoms with E-state index < -0.39 is 6.03 Å². The molecule has 4 nitrogen and oxygen atoms in total. The van der Waals surface area contributed by atoms with Gasteiger partial charge in [0.2, 0.25) is 0 Å². The second kappa shape index (κ2) is 4.18. The van der Waals surface area contributed by atoms with Crippen molar-refractivity contribution in [3.05, 3.63) is 0 Å². The first kappa shape index (κ1) is 10.2. The van der Waals surface area contributed by atoms with E-state index in [1.165, 1.54) is 0 Å². The van der Waals surface area contributed by atoms with E-state index >= 15 is 0 Å². The molecule has 3 N–H and O–H groups in total. The fraction of sp³-hybridized carbons (Fsp3) is 0.857. The Balaban J connectivity index is 3.63. The second-order valence-electron chi connectivity index (χ2n) is 2.91. The zero-order chi connectivity index (χ0) is 8.91. The smallest absolute Gasteiger partial charge is 0.312 e. The molecule has 0 aliphatic rings. The van der Waals surface area contributed by atoms with E-state index in [4.69, 9.17) is 10.5 Å². The number of hydrogen-bond acceptors (Lipinski definition) is 2. The predicted octanol–water partition coefficient (Wildman–Crippen LogP) is 0.470. The van der Waals surface area contributed by atoms with E-state index in [-0.39, 0.29) is 5.60 Å². The lowest BCUT2D eigenvalue weighted by molar-refractivity contribution is -0.00672. The van der Waals surface area contributed by atoms with Crippen LogP contribution in [0.1, 0.15) is 20.8 Å². The predicted molar refractivity (Wildman–Crippen MR) is 43.3 cm³/mol. The highest BCUT2D eigenvalue weighted by Gasteiger charge is 2.17. The van der Waals surface area contributed by atoms with Crippen LogP contribution in [0.4, 0.5) is 4.79 Å². The van der Waals surface area contributed by atoms with Gasteiger partial charge < -0.3 is 15.8 Å². The molecule has 4 heteroatoms. The summed E-state index contributed by atoms with van der Waals surface area (Å²) in [7, 11) is 0. The number of urea groups is 1. The van der Waals surface area contributed by atoms with E-state index in [1.807, 2.05) is 20.8 Å². The van der Waals surface area contributed by atoms with Crippen LogP contribution >= 0.6 is 0 Å². The van der Waals surface area contributed by atoms with E-state index in [9.17, 15) is 4.79 Å². The summed E-state index contributed by atoms with van der Waals surface area (Å²) in [5, 5.41) is 2.48. The van der Waals surface area contributed by atoms with Gasteiger partial charge in [0, 0.05) is 13.2 Å². The zero-order valence-electron chi connectivity index (χ0n) is 7.31. The number of ether oxygens (including phenoxy) is 1. The van der Waals surface area contributed by atoms with Crippen LogP contribution in [0.2, 0.25) is 0 Å². The summed E-state index contributed by atoms with van der Waals surface area (Å²) in [6.07, 6.45) is 0. The second-order valence-corrected chi connectivity index (χ2v) is 2.91. The van der Waals surface area contributed by atoms with Gasteiger partial charge >= 0.3 is 6.03 Å². The minimum absolute atomic E-state index is 0.330. The molecule has 0 saturated carbocycles. The summed E-state index contributed by atoms with van der Waals surface area (Å²) in [5.74, 6) is 0. The molecule has 0 atom stereocenters. The van der Waals surface area contributed by atoms with Gasteiger partial charge in [-0.15, -0.1) is 0 Å². The quantitative estimate of drug-likeness (QED) is 0.628. The number of primary amides is 1. The molecule has 0 bridgehead atoms. The summed E-state index contributed by atoms with van der Waals surface area (Å²) < 4.78 is 5.31. The largest absolute Gasteiger partial charge is 0.374 e. The Morgan fingerprint density at radius 2 is 2.18 bits per heavy atom. The maximum absolute atomic E-state index is 10.3. The number of carbonyl (C=O) groups excluding carboxylic acids is 1. The topological polar surface area (TPSA) is 64.3 Å². The van der Waals surface area contributed by atoms with Crippen LogP contribution in [-0.4, -0.2) is 24.8 Å². The molecular weight excluding hydrogens is 144 g/mol. The standard InChI is InChI=1S/C7H16N2O2/c1-4-11-7(2,3)5-9-6(8)10/h4-5H2,1-3H3,(H3,8,9,10). The Bertz CT molecular complexity index is 134. The third-order valence-electron chi connectivity index (χ3n) is 1.22. The number of carbonyl (C=O) groups is 1. The molecule has 0 aromatic carbocycles. The normalized spacial score (nSPS) is 11.2. The van der Waals surface area contributed by atoms with Gasteiger partial charge in [0.25, 0.3) is 0 Å². The maximum atomic E-state index is 10.3. The van der Waals surface area contributed by atoms with Crippen molar-refractivity contribution < 1.29 is 9.53 Å². The van der Waals surface area contributed by atoms with E-state index in [0.29, 0.717) is 13.2 Å². The lowest BCUT2D eigenvalue weighted by Crippen LogP contribution is -2.42. The summed E-state index contributed by atoms with van der Waals surface area (Å²) in [6.45, 7) is 6.77. The first-order valence-corrected chi connectivity index (χ1v) is 3.65. The highest BCUT2D eigenvalue weighted by Crippen LogP contribution is 2.05. The fourth-order valence-electron chi connectivity index (χ4n) is 0.742. The molecule has 11 heavy (non-hydrogen) atoms. The van der Waals surface area contributed by atoms with Crippen molar-refractivity contribution in [1.82, 2.24) is 5.32 Å². The van der Waals surface area contributed by atoms with Crippen molar-refractivity contribution in [2.75, 3.05) is 13.2 Å². The fourth-order valence-corrected chi connectivity index (χ4v) is 0.742. The summed E-state index contributed by atoms with van der Waals surface area (Å²) in [5.41, 5.74) is 4.56. The van der Waals surface area contributed by atoms with Gasteiger partial charge in [0.05, 0.1) is 5.60 Å². The number of nitrogens with one attached hydrogen (secondary N) is 1. The molecule has 0 spiro atoms. The summed E-state index contributed by atoms with van der Waals surface area (Å²) in [6, 6.07) is -0.516. The van der Waals surface area contributed by atoms with Crippen LogP contribution in [0.3, 0.4) is 0 Å². The molecule has 0 aromatic rings. The number of rotatable bonds is 4. The zero-order valence-corrected chi connectivity index (χ0v) is 7.31. The first-order valence-electron chi connectivity index (χ1n) is 3.65. The molecule has 2 amide bonds. The molecule has 0 aliphatic carbocycles. The Hall–Kier alpha value is -0.770. The van der Waals surface area contributed by atoms with Crippen molar-refractivity contribution in [1.29, 1.82) is 0 Å². The van der Waals surface area contributed by atoms with Crippen LogP contribution in [0.15, 0.2) is 0 Å². The van der Waals surface area contributed by atoms with Gasteiger partial charge in [-0.3, -0.25) is 0 Å².